The lowest BCUT2D eigenvalue weighted by Crippen LogP contribution is -2.67. The van der Waals surface area contributed by atoms with Gasteiger partial charge in [-0.25, -0.2) is 4.39 Å². The number of nitro benzene ring substituents is 1. The fraction of sp³-hybridized carbons (Fsp3) is 0.136. The zero-order valence-corrected chi connectivity index (χ0v) is 17.3. The number of imide groups is 1. The molecule has 8 nitrogen and oxygen atoms in total. The highest BCUT2D eigenvalue weighted by molar-refractivity contribution is 7.10. The first-order chi connectivity index (χ1) is 15.3. The fourth-order valence-corrected chi connectivity index (χ4v) is 4.95. The summed E-state index contributed by atoms with van der Waals surface area (Å²) in [4.78, 5) is 52.7. The van der Waals surface area contributed by atoms with Crippen LogP contribution < -0.4 is 4.90 Å². The van der Waals surface area contributed by atoms with Gasteiger partial charge in [0.1, 0.15) is 17.9 Å². The second kappa shape index (κ2) is 7.06. The number of nitrogens with zero attached hydrogens (tertiary/aromatic N) is 3. The third-order valence-corrected chi connectivity index (χ3v) is 6.67. The molecule has 2 aliphatic heterocycles. The van der Waals surface area contributed by atoms with Crippen LogP contribution in [0.1, 0.15) is 37.2 Å². The fourth-order valence-electron chi connectivity index (χ4n) is 4.10. The topological polar surface area (TPSA) is 101 Å². The van der Waals surface area contributed by atoms with Crippen LogP contribution in [0, 0.1) is 22.9 Å². The van der Waals surface area contributed by atoms with Crippen molar-refractivity contribution >= 4 is 40.4 Å². The molecule has 0 spiro atoms. The van der Waals surface area contributed by atoms with Gasteiger partial charge >= 0.3 is 0 Å². The van der Waals surface area contributed by atoms with E-state index in [0.29, 0.717) is 11.3 Å². The number of amides is 3. The van der Waals surface area contributed by atoms with E-state index in [1.807, 2.05) is 0 Å². The lowest BCUT2D eigenvalue weighted by Gasteiger charge is -2.49. The van der Waals surface area contributed by atoms with Crippen LogP contribution in [0.25, 0.3) is 0 Å². The first kappa shape index (κ1) is 20.0. The van der Waals surface area contributed by atoms with E-state index in [2.05, 4.69) is 0 Å². The van der Waals surface area contributed by atoms with Gasteiger partial charge in [-0.3, -0.25) is 34.3 Å². The van der Waals surface area contributed by atoms with Crippen molar-refractivity contribution in [3.63, 3.8) is 0 Å². The highest BCUT2D eigenvalue weighted by Crippen LogP contribution is 2.45. The lowest BCUT2D eigenvalue weighted by atomic mass is 9.90. The predicted molar refractivity (Wildman–Crippen MR) is 113 cm³/mol. The lowest BCUT2D eigenvalue weighted by molar-refractivity contribution is -0.384. The van der Waals surface area contributed by atoms with Crippen molar-refractivity contribution in [2.45, 2.75) is 19.0 Å². The van der Waals surface area contributed by atoms with Gasteiger partial charge in [0.15, 0.2) is 0 Å². The van der Waals surface area contributed by atoms with Crippen molar-refractivity contribution < 1.29 is 23.7 Å². The third kappa shape index (κ3) is 2.76. The third-order valence-electron chi connectivity index (χ3n) is 5.73. The molecule has 32 heavy (non-hydrogen) atoms. The number of rotatable bonds is 4. The van der Waals surface area contributed by atoms with E-state index in [4.69, 9.17) is 0 Å². The van der Waals surface area contributed by atoms with E-state index < -0.39 is 40.5 Å². The quantitative estimate of drug-likeness (QED) is 0.260. The molecule has 2 atom stereocenters. The van der Waals surface area contributed by atoms with E-state index >= 15 is 0 Å². The largest absolute Gasteiger partial charge is 0.299 e. The summed E-state index contributed by atoms with van der Waals surface area (Å²) < 4.78 is 14.2. The molecule has 0 aliphatic carbocycles. The first-order valence-corrected chi connectivity index (χ1v) is 10.5. The van der Waals surface area contributed by atoms with Crippen LogP contribution in [0.4, 0.5) is 15.8 Å². The molecule has 5 rings (SSSR count). The van der Waals surface area contributed by atoms with E-state index in [0.717, 1.165) is 21.9 Å². The molecule has 0 bridgehead atoms. The van der Waals surface area contributed by atoms with Crippen LogP contribution in [0.5, 0.6) is 0 Å². The molecule has 160 valence electrons. The normalized spacial score (nSPS) is 19.9. The molecular formula is C22H14FN3O5S. The highest BCUT2D eigenvalue weighted by atomic mass is 32.1. The van der Waals surface area contributed by atoms with Crippen LogP contribution in [0.15, 0.2) is 53.9 Å². The number of hydrogen-bond donors (Lipinski definition) is 0. The molecule has 3 amide bonds. The molecule has 0 radical (unpaired) electrons. The molecule has 2 aromatic carbocycles. The van der Waals surface area contributed by atoms with Gasteiger partial charge in [0.05, 0.1) is 16.1 Å². The number of nitro groups is 1. The van der Waals surface area contributed by atoms with E-state index in [9.17, 15) is 28.9 Å². The number of halogens is 1. The molecule has 1 aromatic heterocycles. The Morgan fingerprint density at radius 1 is 0.969 bits per heavy atom. The minimum atomic E-state index is -1.13. The van der Waals surface area contributed by atoms with Crippen LogP contribution >= 0.6 is 11.3 Å². The minimum absolute atomic E-state index is 0.0122. The number of carbonyl (C=O) groups excluding carboxylic acids is 3. The van der Waals surface area contributed by atoms with E-state index in [1.54, 1.807) is 36.6 Å². The Bertz CT molecular complexity index is 1320. The second-order valence-electron chi connectivity index (χ2n) is 7.51. The maximum absolute atomic E-state index is 14.2. The van der Waals surface area contributed by atoms with Crippen LogP contribution in [-0.2, 0) is 4.79 Å². The summed E-state index contributed by atoms with van der Waals surface area (Å²) >= 11 is 1.34. The van der Waals surface area contributed by atoms with Crippen LogP contribution in [0.2, 0.25) is 0 Å². The molecule has 10 heteroatoms. The summed E-state index contributed by atoms with van der Waals surface area (Å²) in [6.07, 6.45) is 0. The predicted octanol–water partition coefficient (Wildman–Crippen LogP) is 3.86. The Morgan fingerprint density at radius 3 is 2.38 bits per heavy atom. The molecule has 0 N–H and O–H groups in total. The second-order valence-corrected chi connectivity index (χ2v) is 8.49. The Kier molecular flexibility index (Phi) is 4.41. The molecule has 1 saturated heterocycles. The van der Waals surface area contributed by atoms with Gasteiger partial charge in [0, 0.05) is 22.7 Å². The molecule has 2 aliphatic rings. The number of hydrogen-bond acceptors (Lipinski definition) is 6. The van der Waals surface area contributed by atoms with Crippen LogP contribution in [-0.4, -0.2) is 33.6 Å². The summed E-state index contributed by atoms with van der Waals surface area (Å²) in [7, 11) is 0. The summed E-state index contributed by atoms with van der Waals surface area (Å²) in [6.45, 7) is 1.61. The van der Waals surface area contributed by atoms with E-state index in [1.165, 1.54) is 28.4 Å². The highest BCUT2D eigenvalue weighted by Gasteiger charge is 2.57. The number of anilines is 1. The Hall–Kier alpha value is -3.92. The van der Waals surface area contributed by atoms with Crippen molar-refractivity contribution in [2.24, 2.45) is 0 Å². The van der Waals surface area contributed by atoms with Gasteiger partial charge in [0.25, 0.3) is 23.4 Å². The number of carbonyl (C=O) groups is 3. The monoisotopic (exact) mass is 451 g/mol. The van der Waals surface area contributed by atoms with Gasteiger partial charge in [-0.1, -0.05) is 12.1 Å². The number of fused-ring (bicyclic) bond motifs is 1. The van der Waals surface area contributed by atoms with Gasteiger partial charge < -0.3 is 0 Å². The van der Waals surface area contributed by atoms with Gasteiger partial charge in [0.2, 0.25) is 0 Å². The number of thiophene rings is 1. The number of β-lactam (4-membered cyclic amide) rings is 1. The van der Waals surface area contributed by atoms with Crippen molar-refractivity contribution in [1.82, 2.24) is 4.90 Å². The standard InChI is InChI=1S/C22H14FN3O5S/c1-11-4-5-12(10-16(11)23)24-18(17-3-2-8-32-17)19(22(24)29)25-20(27)14-7-6-13(26(30)31)9-15(14)21(25)28/h2-10,18-19H,1H3/t18-,19+/m1/s1. The number of aryl methyl sites for hydroxylation is 1. The number of benzene rings is 2. The zero-order chi connectivity index (χ0) is 22.7. The average Bonchev–Trinajstić information content (AvgIpc) is 3.37. The molecule has 0 saturated carbocycles. The minimum Gasteiger partial charge on any atom is -0.299 e. The Balaban J connectivity index is 1.56. The maximum Gasteiger partial charge on any atom is 0.270 e. The molecule has 0 unspecified atom stereocenters. The van der Waals surface area contributed by atoms with E-state index in [-0.39, 0.29) is 16.8 Å². The average molecular weight is 451 g/mol. The maximum atomic E-state index is 14.2. The summed E-state index contributed by atoms with van der Waals surface area (Å²) in [6, 6.07) is 9.55. The Labute approximate surface area is 184 Å². The molecule has 1 fully saturated rings. The SMILES string of the molecule is Cc1ccc(N2C(=O)[C@@H](N3C(=O)c4ccc([N+](=O)[O-])cc4C3=O)[C@H]2c2cccs2)cc1F. The van der Waals surface area contributed by atoms with Crippen molar-refractivity contribution in [3.8, 4) is 0 Å². The smallest absolute Gasteiger partial charge is 0.270 e. The molecule has 3 heterocycles. The van der Waals surface area contributed by atoms with Crippen molar-refractivity contribution in [1.29, 1.82) is 0 Å². The zero-order valence-electron chi connectivity index (χ0n) is 16.5. The Morgan fingerprint density at radius 2 is 1.72 bits per heavy atom. The summed E-state index contributed by atoms with van der Waals surface area (Å²) in [5.41, 5.74) is 0.325. The first-order valence-electron chi connectivity index (χ1n) is 9.58. The molecule has 3 aromatic rings. The van der Waals surface area contributed by atoms with Gasteiger partial charge in [-0.05, 0) is 42.1 Å². The van der Waals surface area contributed by atoms with Gasteiger partial charge in [-0.2, -0.15) is 0 Å². The van der Waals surface area contributed by atoms with Crippen molar-refractivity contribution in [2.75, 3.05) is 4.90 Å². The van der Waals surface area contributed by atoms with Crippen molar-refractivity contribution in [3.05, 3.63) is 91.4 Å². The summed E-state index contributed by atoms with van der Waals surface area (Å²) in [5, 5.41) is 12.9. The van der Waals surface area contributed by atoms with Gasteiger partial charge in [-0.15, -0.1) is 11.3 Å². The summed E-state index contributed by atoms with van der Waals surface area (Å²) in [5.74, 6) is -2.45. The number of non-ortho nitro benzene ring substituents is 1. The molecular weight excluding hydrogens is 437 g/mol. The van der Waals surface area contributed by atoms with Crippen LogP contribution in [0.3, 0.4) is 0 Å².